The predicted octanol–water partition coefficient (Wildman–Crippen LogP) is 1.95. The molecule has 0 N–H and O–H groups in total. The van der Waals surface area contributed by atoms with Crippen molar-refractivity contribution in [2.24, 2.45) is 0 Å². The molecule has 186 valence electrons. The summed E-state index contributed by atoms with van der Waals surface area (Å²) in [5.74, 6) is -3.40. The number of benzene rings is 3. The van der Waals surface area contributed by atoms with Crippen molar-refractivity contribution < 1.29 is 29.7 Å². The van der Waals surface area contributed by atoms with Gasteiger partial charge in [0.15, 0.2) is 0 Å². The van der Waals surface area contributed by atoms with Crippen LogP contribution in [0.2, 0.25) is 0 Å². The number of carbonyl (C=O) groups excluding carboxylic acids is 3. The zero-order chi connectivity index (χ0) is 26.9. The molecule has 3 aromatic rings. The Morgan fingerprint density at radius 2 is 0.730 bits per heavy atom. The zero-order valence-corrected chi connectivity index (χ0v) is 21.6. The second-order valence-electron chi connectivity index (χ2n) is 7.31. The third kappa shape index (κ3) is 11.4. The summed E-state index contributed by atoms with van der Waals surface area (Å²) >= 11 is 0. The molecule has 3 rings (SSSR count). The van der Waals surface area contributed by atoms with E-state index in [2.05, 4.69) is 19.7 Å². The monoisotopic (exact) mass is 510 g/mol. The van der Waals surface area contributed by atoms with E-state index in [0.29, 0.717) is 19.3 Å². The third-order valence-corrected chi connectivity index (χ3v) is 4.80. The van der Waals surface area contributed by atoms with Crippen LogP contribution in [-0.2, 0) is 19.3 Å². The average molecular weight is 511 g/mol. The average Bonchev–Trinajstić information content (AvgIpc) is 2.86. The van der Waals surface area contributed by atoms with Crippen LogP contribution in [0.1, 0.15) is 47.8 Å². The molecular formula is C30H27AlO6. The molecule has 0 amide bonds. The second-order valence-corrected chi connectivity index (χ2v) is 7.31. The van der Waals surface area contributed by atoms with Gasteiger partial charge in [0.05, 0.1) is 17.9 Å². The minimum absolute atomic E-state index is 0. The number of carbonyl (C=O) groups is 3. The van der Waals surface area contributed by atoms with Crippen molar-refractivity contribution in [2.75, 3.05) is 0 Å². The van der Waals surface area contributed by atoms with E-state index < -0.39 is 17.9 Å². The molecule has 0 spiro atoms. The first kappa shape index (κ1) is 32.8. The standard InChI is InChI=1S/3C10H10O2.Al/c3*1-2-5-8-6-3-4-7-9(8)10(11)12;/h3*2-4,6-7H,1,5H2,(H,11,12);/q;;;+3/p-3. The first-order valence-corrected chi connectivity index (χ1v) is 11.0. The summed E-state index contributed by atoms with van der Waals surface area (Å²) in [7, 11) is 0. The molecule has 0 aromatic heterocycles. The maximum absolute atomic E-state index is 10.6. The van der Waals surface area contributed by atoms with E-state index in [1.807, 2.05) is 0 Å². The number of aromatic carboxylic acids is 3. The first-order chi connectivity index (χ1) is 17.3. The number of hydrogen-bond acceptors (Lipinski definition) is 6. The topological polar surface area (TPSA) is 120 Å². The Morgan fingerprint density at radius 3 is 0.919 bits per heavy atom. The molecule has 0 saturated carbocycles. The van der Waals surface area contributed by atoms with E-state index >= 15 is 0 Å². The van der Waals surface area contributed by atoms with Crippen molar-refractivity contribution in [3.63, 3.8) is 0 Å². The van der Waals surface area contributed by atoms with Gasteiger partial charge in [-0.15, -0.1) is 19.7 Å². The molecule has 0 fully saturated rings. The molecule has 37 heavy (non-hydrogen) atoms. The summed E-state index contributed by atoms with van der Waals surface area (Å²) < 4.78 is 0. The maximum Gasteiger partial charge on any atom is 3.00 e. The van der Waals surface area contributed by atoms with Crippen LogP contribution in [0.5, 0.6) is 0 Å². The third-order valence-electron chi connectivity index (χ3n) is 4.80. The van der Waals surface area contributed by atoms with Crippen LogP contribution in [0.3, 0.4) is 0 Å². The molecule has 0 unspecified atom stereocenters. The van der Waals surface area contributed by atoms with Crippen LogP contribution in [-0.4, -0.2) is 35.3 Å². The molecular weight excluding hydrogens is 483 g/mol. The normalized spacial score (nSPS) is 9.08. The molecule has 0 bridgehead atoms. The van der Waals surface area contributed by atoms with Gasteiger partial charge in [-0.25, -0.2) is 0 Å². The van der Waals surface area contributed by atoms with Gasteiger partial charge in [0.2, 0.25) is 0 Å². The Labute approximate surface area is 228 Å². The van der Waals surface area contributed by atoms with Gasteiger partial charge in [0.1, 0.15) is 0 Å². The smallest absolute Gasteiger partial charge is 0.545 e. The Morgan fingerprint density at radius 1 is 0.514 bits per heavy atom. The van der Waals surface area contributed by atoms with E-state index in [-0.39, 0.29) is 34.1 Å². The summed E-state index contributed by atoms with van der Waals surface area (Å²) in [4.78, 5) is 31.7. The van der Waals surface area contributed by atoms with Crippen LogP contribution >= 0.6 is 0 Å². The Bertz CT molecular complexity index is 1060. The van der Waals surface area contributed by atoms with Crippen molar-refractivity contribution in [3.05, 3.63) is 144 Å². The van der Waals surface area contributed by atoms with Gasteiger partial charge in [-0.2, -0.15) is 0 Å². The molecule has 7 heteroatoms. The van der Waals surface area contributed by atoms with E-state index in [0.717, 1.165) is 16.7 Å². The van der Waals surface area contributed by atoms with Crippen molar-refractivity contribution in [2.45, 2.75) is 19.3 Å². The zero-order valence-electron chi connectivity index (χ0n) is 20.4. The minimum Gasteiger partial charge on any atom is -0.545 e. The number of carboxylic acid groups (broad SMARTS) is 3. The molecule has 0 radical (unpaired) electrons. The fourth-order valence-corrected chi connectivity index (χ4v) is 3.16. The van der Waals surface area contributed by atoms with E-state index in [4.69, 9.17) is 0 Å². The fraction of sp³-hybridized carbons (Fsp3) is 0.100. The van der Waals surface area contributed by atoms with E-state index in [1.165, 1.54) is 18.2 Å². The van der Waals surface area contributed by atoms with E-state index in [9.17, 15) is 29.7 Å². The number of hydrogen-bond donors (Lipinski definition) is 0. The van der Waals surface area contributed by atoms with Gasteiger partial charge in [0, 0.05) is 16.7 Å². The number of carboxylic acids is 3. The summed E-state index contributed by atoms with van der Waals surface area (Å²) in [6.45, 7) is 10.6. The van der Waals surface area contributed by atoms with Crippen molar-refractivity contribution in [1.82, 2.24) is 0 Å². The molecule has 0 aliphatic rings. The van der Waals surface area contributed by atoms with Crippen LogP contribution in [0, 0.1) is 0 Å². The van der Waals surface area contributed by atoms with Crippen molar-refractivity contribution >= 4 is 35.3 Å². The fourth-order valence-electron chi connectivity index (χ4n) is 3.16. The van der Waals surface area contributed by atoms with Gasteiger partial charge in [-0.1, -0.05) is 91.0 Å². The second kappa shape index (κ2) is 18.1. The summed E-state index contributed by atoms with van der Waals surface area (Å²) in [6.07, 6.45) is 6.68. The van der Waals surface area contributed by atoms with Crippen LogP contribution in [0.25, 0.3) is 0 Å². The molecule has 0 atom stereocenters. The Kier molecular flexibility index (Phi) is 16.1. The molecule has 0 aliphatic carbocycles. The van der Waals surface area contributed by atoms with Crippen LogP contribution in [0.4, 0.5) is 0 Å². The van der Waals surface area contributed by atoms with E-state index in [1.54, 1.807) is 72.8 Å². The summed E-state index contributed by atoms with van der Waals surface area (Å²) in [6, 6.07) is 20.3. The van der Waals surface area contributed by atoms with Gasteiger partial charge in [-0.3, -0.25) is 0 Å². The Balaban J connectivity index is 0.000000518. The molecule has 6 nitrogen and oxygen atoms in total. The molecule has 0 saturated heterocycles. The molecule has 3 aromatic carbocycles. The van der Waals surface area contributed by atoms with Crippen molar-refractivity contribution in [3.8, 4) is 0 Å². The summed E-state index contributed by atoms with van der Waals surface area (Å²) in [5.41, 5.74) is 2.97. The van der Waals surface area contributed by atoms with Gasteiger partial charge < -0.3 is 29.7 Å². The van der Waals surface area contributed by atoms with Gasteiger partial charge in [0.25, 0.3) is 0 Å². The Hall–Kier alpha value is -4.18. The van der Waals surface area contributed by atoms with Gasteiger partial charge >= 0.3 is 17.4 Å². The quantitative estimate of drug-likeness (QED) is 0.321. The minimum atomic E-state index is -1.13. The first-order valence-electron chi connectivity index (χ1n) is 11.0. The molecule has 0 heterocycles. The van der Waals surface area contributed by atoms with Crippen molar-refractivity contribution in [1.29, 1.82) is 0 Å². The number of allylic oxidation sites excluding steroid dienone is 3. The number of rotatable bonds is 9. The predicted molar refractivity (Wildman–Crippen MR) is 140 cm³/mol. The maximum atomic E-state index is 10.6. The summed E-state index contributed by atoms with van der Waals surface area (Å²) in [5, 5.41) is 31.7. The van der Waals surface area contributed by atoms with Crippen LogP contribution in [0.15, 0.2) is 111 Å². The SMILES string of the molecule is C=CCc1ccccc1C(=O)[O-].C=CCc1ccccc1C(=O)[O-].C=CCc1ccccc1C(=O)[O-].[Al+3]. The van der Waals surface area contributed by atoms with Gasteiger partial charge in [-0.05, 0) is 36.0 Å². The molecule has 0 aliphatic heterocycles. The van der Waals surface area contributed by atoms with Crippen LogP contribution < -0.4 is 15.3 Å². The largest absolute Gasteiger partial charge is 3.00 e.